The van der Waals surface area contributed by atoms with Gasteiger partial charge in [0.25, 0.3) is 29.5 Å². The summed E-state index contributed by atoms with van der Waals surface area (Å²) in [5, 5.41) is 45.6. The fourth-order valence-corrected chi connectivity index (χ4v) is 15.4. The van der Waals surface area contributed by atoms with Crippen molar-refractivity contribution in [1.82, 2.24) is 123 Å². The first-order valence-corrected chi connectivity index (χ1v) is 42.6. The molecule has 138 heavy (non-hydrogen) atoms. The number of carbonyl (C=O) groups excluding carboxylic acids is 5. The van der Waals surface area contributed by atoms with Crippen LogP contribution in [0.15, 0.2) is 173 Å². The van der Waals surface area contributed by atoms with Crippen molar-refractivity contribution in [1.29, 1.82) is 5.26 Å². The number of nitrogens with two attached hydrogens (primary N) is 5. The molecule has 5 aliphatic rings. The van der Waals surface area contributed by atoms with Crippen LogP contribution in [-0.2, 0) is 13.0 Å². The van der Waals surface area contributed by atoms with Crippen LogP contribution in [0.25, 0.3) is 28.2 Å². The minimum absolute atomic E-state index is 0.0181. The molecule has 0 aromatic carbocycles. The monoisotopic (exact) mass is 1880 g/mol. The third kappa shape index (κ3) is 22.0. The van der Waals surface area contributed by atoms with Gasteiger partial charge in [0.1, 0.15) is 103 Å². The van der Waals surface area contributed by atoms with E-state index in [0.29, 0.717) is 86.6 Å². The zero-order valence-electron chi connectivity index (χ0n) is 74.0. The van der Waals surface area contributed by atoms with Crippen molar-refractivity contribution in [3.63, 3.8) is 0 Å². The Balaban J connectivity index is 0.000000125. The van der Waals surface area contributed by atoms with Crippen LogP contribution in [-0.4, -0.2) is 240 Å². The largest absolute Gasteiger partial charge is 0.494 e. The van der Waals surface area contributed by atoms with E-state index in [9.17, 15) is 41.5 Å². The topological polar surface area (TPSA) is 596 Å². The number of methoxy groups -OCH3 is 1. The van der Waals surface area contributed by atoms with Crippen molar-refractivity contribution in [3.05, 3.63) is 235 Å². The number of hydrogen-bond acceptors (Lipinski definition) is 36. The lowest BCUT2D eigenvalue weighted by molar-refractivity contribution is -0.00745. The average molecular weight is 1890 g/mol. The van der Waals surface area contributed by atoms with E-state index in [2.05, 4.69) is 122 Å². The highest BCUT2D eigenvalue weighted by Gasteiger charge is 2.37. The Morgan fingerprint density at radius 2 is 0.841 bits per heavy atom. The third-order valence-electron chi connectivity index (χ3n) is 21.8. The van der Waals surface area contributed by atoms with Crippen LogP contribution in [0.3, 0.4) is 0 Å². The summed E-state index contributed by atoms with van der Waals surface area (Å²) in [6, 6.07) is 14.1. The summed E-state index contributed by atoms with van der Waals surface area (Å²) in [6.45, 7) is 7.33. The number of ether oxygens (including phenoxy) is 5. The predicted octanol–water partition coefficient (Wildman–Crippen LogP) is 7.36. The quantitative estimate of drug-likeness (QED) is 0.0295. The number of nitrogen functional groups attached to an aromatic ring is 5. The second kappa shape index (κ2) is 42.1. The van der Waals surface area contributed by atoms with Gasteiger partial charge in [0.15, 0.2) is 86.3 Å². The van der Waals surface area contributed by atoms with Crippen molar-refractivity contribution in [3.8, 4) is 40.6 Å². The fourth-order valence-electron chi connectivity index (χ4n) is 15.4. The van der Waals surface area contributed by atoms with Gasteiger partial charge in [-0.15, -0.1) is 25.5 Å². The molecule has 1 unspecified atom stereocenters. The molecule has 16 aromatic rings. The van der Waals surface area contributed by atoms with E-state index in [1.807, 2.05) is 38.2 Å². The van der Waals surface area contributed by atoms with Gasteiger partial charge in [-0.25, -0.2) is 65.1 Å². The summed E-state index contributed by atoms with van der Waals surface area (Å²) < 4.78 is 88.4. The van der Waals surface area contributed by atoms with Gasteiger partial charge in [-0.3, -0.25) is 58.8 Å². The van der Waals surface area contributed by atoms with Crippen LogP contribution in [0.2, 0.25) is 0 Å². The van der Waals surface area contributed by atoms with Crippen LogP contribution in [0, 0.1) is 40.5 Å². The Morgan fingerprint density at radius 1 is 0.457 bits per heavy atom. The van der Waals surface area contributed by atoms with Gasteiger partial charge in [-0.1, -0.05) is 0 Å². The molecule has 16 aromatic heterocycles. The lowest BCUT2D eigenvalue weighted by Gasteiger charge is -2.44. The van der Waals surface area contributed by atoms with Crippen molar-refractivity contribution < 1.29 is 65.2 Å². The van der Waals surface area contributed by atoms with Gasteiger partial charge in [0.05, 0.1) is 112 Å². The van der Waals surface area contributed by atoms with E-state index < -0.39 is 52.8 Å². The van der Waals surface area contributed by atoms with Crippen molar-refractivity contribution in [2.24, 2.45) is 5.92 Å². The molecule has 21 rings (SSSR count). The van der Waals surface area contributed by atoms with Crippen LogP contribution >= 0.6 is 0 Å². The van der Waals surface area contributed by atoms with Gasteiger partial charge in [0, 0.05) is 112 Å². The average Bonchev–Trinajstić information content (AvgIpc) is 1.68. The Hall–Kier alpha value is -17.6. The molecule has 5 aliphatic heterocycles. The molecule has 46 nitrogen and oxygen atoms in total. The second-order valence-electron chi connectivity index (χ2n) is 31.9. The summed E-state index contributed by atoms with van der Waals surface area (Å²) in [5.41, 5.74) is 34.1. The molecule has 3 atom stereocenters. The summed E-state index contributed by atoms with van der Waals surface area (Å²) >= 11 is 0. The predicted molar refractivity (Wildman–Crippen MR) is 492 cm³/mol. The molecule has 5 saturated heterocycles. The van der Waals surface area contributed by atoms with E-state index in [4.69, 9.17) is 57.6 Å². The van der Waals surface area contributed by atoms with E-state index >= 15 is 0 Å². The molecular formula is C88H88F4N36O10. The number of anilines is 10. The van der Waals surface area contributed by atoms with Gasteiger partial charge in [0.2, 0.25) is 0 Å². The number of rotatable bonds is 22. The maximum Gasteiger partial charge on any atom is 0.263 e. The molecule has 0 aliphatic carbocycles. The van der Waals surface area contributed by atoms with Crippen LogP contribution in [0.4, 0.5) is 75.1 Å². The number of piperidine rings is 4. The normalized spacial score (nSPS) is 15.9. The summed E-state index contributed by atoms with van der Waals surface area (Å²) in [5.74, 6) is -1.70. The zero-order chi connectivity index (χ0) is 96.8. The Kier molecular flexibility index (Phi) is 28.6. The van der Waals surface area contributed by atoms with Crippen molar-refractivity contribution >= 4 is 115 Å². The van der Waals surface area contributed by atoms with Gasteiger partial charge in [-0.2, -0.15) is 5.26 Å². The Labute approximate surface area is 779 Å². The highest BCUT2D eigenvalue weighted by Crippen LogP contribution is 2.37. The standard InChI is InChI=1S/C20H19FN8O2.C19H20FN7O2.C19H20N8O2.C17H18FN7O2.C13H11FN6O2/c1-28(2)11-13-3-4-14(8-24-13)31-16-5-6-23-9-15(16)26-20(30)17-18(22)27-29-10-12(21)7-25-19(17)29;20-12-7-23-18-16(17(21)25-27(18)9-12)19(28)24-13-8-22-4-1-14(13)29-15-10-26-5-2-11(15)3-6-26;20-5-3-12-8-24-18-16(17(21)26-27(18)11-12)19(28)25-14-10-23-7-4-15(14)29-13-2-1-6-22-9-13;1-24-5-3-11(9-24)27-13-2-4-20-7-12(13)22-17(26)14-15(19)23-25-8-10(18)6-21-16(14)25;1-22-9-2-3-16-5-8(9)18-13(21)10-11(15)19-20-6-7(14)4-17-12(10)20/h3-10H,11H2,1-2H3,(H2,22,27)(H,26,30);1,4,7-9,11,15H,2-3,5-6,10H2,(H2,21,25)(H,24,28);4,7-8,10-11,13,22H,1-3,6,9H2,(H2,21,26)(H,25,28);2,4,6-8,11H,3,5,9H2,1H3,(H2,19,23)(H,22,26);2-6H,1H3,(H2,15,19)(H,18,21)/t;15-;;11-;/m.0.0./s1. The van der Waals surface area contributed by atoms with E-state index in [1.165, 1.54) is 61.2 Å². The molecule has 50 heteroatoms. The second-order valence-corrected chi connectivity index (χ2v) is 31.9. The molecule has 0 spiro atoms. The minimum atomic E-state index is -0.602. The van der Waals surface area contributed by atoms with E-state index in [-0.39, 0.29) is 104 Å². The number of amides is 5. The van der Waals surface area contributed by atoms with E-state index in [1.54, 1.807) is 67.4 Å². The lowest BCUT2D eigenvalue weighted by Crippen LogP contribution is -2.52. The fraction of sp³-hybridized carbons (Fsp3) is 0.250. The number of carbonyl (C=O) groups is 5. The highest BCUT2D eigenvalue weighted by atomic mass is 19.1. The zero-order valence-corrected chi connectivity index (χ0v) is 74.0. The molecule has 708 valence electrons. The van der Waals surface area contributed by atoms with Crippen molar-refractivity contribution in [2.75, 3.05) is 129 Å². The maximum absolute atomic E-state index is 13.4. The molecule has 5 fully saturated rings. The van der Waals surface area contributed by atoms with Gasteiger partial charge in [-0.05, 0) is 90.9 Å². The minimum Gasteiger partial charge on any atom is -0.494 e. The lowest BCUT2D eigenvalue weighted by atomic mass is 9.86. The third-order valence-corrected chi connectivity index (χ3v) is 21.8. The number of nitrogens with zero attached hydrogens (tertiary/aromatic N) is 25. The SMILES string of the molecule is CN(C)Cc1ccc(Oc2ccncc2NC(=O)c2c(N)nn3cc(F)cnc23)cn1.CN1CC[C@H](Oc2ccncc2NC(=O)c2c(N)nn3cc(F)cnc23)C1.COc1ccncc1NC(=O)c1c(N)nn2cc(F)cnc12.N#CCc1cnc2c(C(=O)Nc3cnccc3OC3CCCNC3)c(N)nn2c1.Nc1nn2cc(F)cnc2c1C(=O)Nc1cnccc1O[C@H]1CN2CCC1CC2. The molecule has 2 bridgehead atoms. The number of nitrogens with one attached hydrogen (secondary N) is 6. The number of nitriles is 1. The first kappa shape index (κ1) is 93.6. The van der Waals surface area contributed by atoms with Crippen LogP contribution in [0.1, 0.15) is 95.2 Å². The van der Waals surface area contributed by atoms with E-state index in [0.717, 1.165) is 151 Å². The molecule has 5 amide bonds. The first-order chi connectivity index (χ1) is 66.7. The molecule has 0 saturated carbocycles. The summed E-state index contributed by atoms with van der Waals surface area (Å²) in [6.07, 6.45) is 34.0. The van der Waals surface area contributed by atoms with Crippen LogP contribution < -0.4 is 84.3 Å². The Bertz CT molecular complexity index is 7230. The number of fused-ring (bicyclic) bond motifs is 8. The number of aromatic nitrogens is 21. The number of likely N-dealkylation sites (N-methyl/N-ethyl adjacent to an activating group) is 1. The number of pyridine rings is 6. The number of likely N-dealkylation sites (tertiary alicyclic amines) is 1. The van der Waals surface area contributed by atoms with Crippen LogP contribution in [0.5, 0.6) is 34.5 Å². The van der Waals surface area contributed by atoms with Gasteiger partial charge >= 0.3 is 0 Å². The maximum atomic E-state index is 13.4. The Morgan fingerprint density at radius 3 is 1.20 bits per heavy atom. The molecule has 16 N–H and O–H groups in total. The summed E-state index contributed by atoms with van der Waals surface area (Å²) in [4.78, 5) is 115. The smallest absolute Gasteiger partial charge is 0.263 e. The van der Waals surface area contributed by atoms with Gasteiger partial charge < -0.3 is 94.1 Å². The molecule has 21 heterocycles. The molecular weight excluding hydrogens is 1800 g/mol. The van der Waals surface area contributed by atoms with Crippen molar-refractivity contribution in [2.45, 2.75) is 63.4 Å². The first-order valence-electron chi connectivity index (χ1n) is 42.6. The molecule has 0 radical (unpaired) electrons. The number of hydrogen-bond donors (Lipinski definition) is 11. The number of halogens is 4. The highest BCUT2D eigenvalue weighted by molar-refractivity contribution is 6.15. The summed E-state index contributed by atoms with van der Waals surface area (Å²) in [7, 11) is 7.42.